The Kier molecular flexibility index (Phi) is 5.70. The molecule has 0 aliphatic carbocycles. The van der Waals surface area contributed by atoms with Gasteiger partial charge in [-0.05, 0) is 6.92 Å². The molecular weight excluding hydrogens is 211 g/mol. The van der Waals surface area contributed by atoms with E-state index in [2.05, 4.69) is 10.6 Å². The number of carbonyl (C=O) groups excluding carboxylic acids is 1. The molecule has 0 saturated heterocycles. The molecule has 0 saturated carbocycles. The highest BCUT2D eigenvalue weighted by Crippen LogP contribution is 2.24. The Labute approximate surface area is 85.4 Å². The van der Waals surface area contributed by atoms with Crippen molar-refractivity contribution in [2.75, 3.05) is 19.6 Å². The third-order valence-electron chi connectivity index (χ3n) is 1.56. The molecule has 7 heteroatoms. The van der Waals surface area contributed by atoms with E-state index in [0.29, 0.717) is 6.54 Å². The van der Waals surface area contributed by atoms with E-state index in [0.717, 1.165) is 6.07 Å². The lowest BCUT2D eigenvalue weighted by molar-refractivity contribution is -0.158. The summed E-state index contributed by atoms with van der Waals surface area (Å²) in [5.74, 6) is -2.47. The quantitative estimate of drug-likeness (QED) is 0.709. The molecule has 1 atom stereocenters. The van der Waals surface area contributed by atoms with Gasteiger partial charge in [-0.1, -0.05) is 0 Å². The second-order valence-corrected chi connectivity index (χ2v) is 2.81. The number of nitrogens with zero attached hydrogens (tertiary/aromatic N) is 1. The molecule has 86 valence electrons. The van der Waals surface area contributed by atoms with Crippen LogP contribution in [-0.2, 0) is 4.79 Å². The highest BCUT2D eigenvalue weighted by atomic mass is 19.4. The normalized spacial score (nSPS) is 13.0. The fourth-order valence-corrected chi connectivity index (χ4v) is 0.824. The lowest BCUT2D eigenvalue weighted by Crippen LogP contribution is -2.38. The molecule has 2 N–H and O–H groups in total. The van der Waals surface area contributed by atoms with Crippen molar-refractivity contribution in [2.45, 2.75) is 13.1 Å². The fraction of sp³-hybridized carbons (Fsp3) is 0.750. The first kappa shape index (κ1) is 13.7. The largest absolute Gasteiger partial charge is 0.405 e. The molecule has 0 bridgehead atoms. The standard InChI is InChI=1S/C8H12F3N3O/c1-2-14-7(15)5-13-4-6(3-12)8(9,10)11/h6,13H,2,4-5H2,1H3,(H,14,15). The molecule has 15 heavy (non-hydrogen) atoms. The summed E-state index contributed by atoms with van der Waals surface area (Å²) >= 11 is 0. The van der Waals surface area contributed by atoms with E-state index in [4.69, 9.17) is 5.26 Å². The number of hydrogen-bond acceptors (Lipinski definition) is 3. The highest BCUT2D eigenvalue weighted by Gasteiger charge is 2.39. The number of alkyl halides is 3. The van der Waals surface area contributed by atoms with Crippen LogP contribution in [0, 0.1) is 17.2 Å². The summed E-state index contributed by atoms with van der Waals surface area (Å²) in [5.41, 5.74) is 0. The molecule has 0 radical (unpaired) electrons. The molecule has 0 aliphatic rings. The summed E-state index contributed by atoms with van der Waals surface area (Å²) in [5, 5.41) is 12.9. The number of likely N-dealkylation sites (N-methyl/N-ethyl adjacent to an activating group) is 1. The minimum absolute atomic E-state index is 0.220. The van der Waals surface area contributed by atoms with Crippen LogP contribution >= 0.6 is 0 Å². The molecule has 1 unspecified atom stereocenters. The SMILES string of the molecule is CCNC(=O)CNCC(C#N)C(F)(F)F. The van der Waals surface area contributed by atoms with Crippen molar-refractivity contribution in [3.8, 4) is 6.07 Å². The summed E-state index contributed by atoms with van der Waals surface area (Å²) in [7, 11) is 0. The molecule has 4 nitrogen and oxygen atoms in total. The molecule has 1 amide bonds. The minimum atomic E-state index is -4.55. The maximum Gasteiger partial charge on any atom is 0.405 e. The maximum absolute atomic E-state index is 12.0. The minimum Gasteiger partial charge on any atom is -0.355 e. The smallest absolute Gasteiger partial charge is 0.355 e. The van der Waals surface area contributed by atoms with Gasteiger partial charge in [-0.25, -0.2) is 0 Å². The van der Waals surface area contributed by atoms with Gasteiger partial charge in [0.05, 0.1) is 12.6 Å². The predicted molar refractivity (Wildman–Crippen MR) is 46.7 cm³/mol. The lowest BCUT2D eigenvalue weighted by atomic mass is 10.1. The van der Waals surface area contributed by atoms with Crippen LogP contribution in [0.5, 0.6) is 0 Å². The molecular formula is C8H12F3N3O. The summed E-state index contributed by atoms with van der Waals surface area (Å²) in [6.07, 6.45) is -4.55. The number of halogens is 3. The first-order valence-corrected chi connectivity index (χ1v) is 4.35. The fourth-order valence-electron chi connectivity index (χ4n) is 0.824. The second kappa shape index (κ2) is 6.24. The van der Waals surface area contributed by atoms with Crippen LogP contribution in [0.2, 0.25) is 0 Å². The number of nitrogens with one attached hydrogen (secondary N) is 2. The van der Waals surface area contributed by atoms with Crippen molar-refractivity contribution in [3.05, 3.63) is 0 Å². The summed E-state index contributed by atoms with van der Waals surface area (Å²) in [6.45, 7) is 1.33. The van der Waals surface area contributed by atoms with Gasteiger partial charge in [-0.3, -0.25) is 4.79 Å². The van der Waals surface area contributed by atoms with E-state index in [-0.39, 0.29) is 6.54 Å². The van der Waals surface area contributed by atoms with Gasteiger partial charge in [0.25, 0.3) is 0 Å². The summed E-state index contributed by atoms with van der Waals surface area (Å²) < 4.78 is 36.1. The number of carbonyl (C=O) groups is 1. The summed E-state index contributed by atoms with van der Waals surface area (Å²) in [4.78, 5) is 10.8. The van der Waals surface area contributed by atoms with Crippen LogP contribution in [0.1, 0.15) is 6.92 Å². The van der Waals surface area contributed by atoms with Gasteiger partial charge in [0, 0.05) is 13.1 Å². The van der Waals surface area contributed by atoms with Crippen molar-refractivity contribution in [1.29, 1.82) is 5.26 Å². The van der Waals surface area contributed by atoms with Crippen molar-refractivity contribution >= 4 is 5.91 Å². The van der Waals surface area contributed by atoms with Gasteiger partial charge in [0.2, 0.25) is 5.91 Å². The van der Waals surface area contributed by atoms with E-state index < -0.39 is 24.5 Å². The first-order chi connectivity index (χ1) is 6.91. The Bertz CT molecular complexity index is 246. The molecule has 0 aromatic rings. The van der Waals surface area contributed by atoms with Gasteiger partial charge >= 0.3 is 6.18 Å². The van der Waals surface area contributed by atoms with Crippen molar-refractivity contribution in [2.24, 2.45) is 5.92 Å². The average Bonchev–Trinajstić information content (AvgIpc) is 2.10. The van der Waals surface area contributed by atoms with Gasteiger partial charge in [0.15, 0.2) is 5.92 Å². The Balaban J connectivity index is 3.85. The van der Waals surface area contributed by atoms with Gasteiger partial charge in [0.1, 0.15) is 0 Å². The Morgan fingerprint density at radius 2 is 2.13 bits per heavy atom. The van der Waals surface area contributed by atoms with Gasteiger partial charge in [-0.2, -0.15) is 18.4 Å². The molecule has 0 rings (SSSR count). The van der Waals surface area contributed by atoms with E-state index >= 15 is 0 Å². The summed E-state index contributed by atoms with van der Waals surface area (Å²) in [6, 6.07) is 1.13. The molecule has 0 heterocycles. The highest BCUT2D eigenvalue weighted by molar-refractivity contribution is 5.77. The zero-order chi connectivity index (χ0) is 11.9. The zero-order valence-corrected chi connectivity index (χ0v) is 8.19. The molecule has 0 aromatic carbocycles. The third-order valence-corrected chi connectivity index (χ3v) is 1.56. The van der Waals surface area contributed by atoms with Crippen molar-refractivity contribution in [1.82, 2.24) is 10.6 Å². The van der Waals surface area contributed by atoms with Crippen LogP contribution in [0.25, 0.3) is 0 Å². The molecule has 0 aliphatic heterocycles. The Morgan fingerprint density at radius 1 is 1.53 bits per heavy atom. The lowest BCUT2D eigenvalue weighted by Gasteiger charge is -2.13. The predicted octanol–water partition coefficient (Wildman–Crippen LogP) is 0.414. The van der Waals surface area contributed by atoms with E-state index in [1.807, 2.05) is 0 Å². The average molecular weight is 223 g/mol. The zero-order valence-electron chi connectivity index (χ0n) is 8.19. The Hall–Kier alpha value is -1.29. The number of rotatable bonds is 5. The van der Waals surface area contributed by atoms with E-state index in [1.165, 1.54) is 0 Å². The van der Waals surface area contributed by atoms with Crippen LogP contribution in [-0.4, -0.2) is 31.7 Å². The van der Waals surface area contributed by atoms with Crippen molar-refractivity contribution < 1.29 is 18.0 Å². The van der Waals surface area contributed by atoms with Crippen LogP contribution < -0.4 is 10.6 Å². The second-order valence-electron chi connectivity index (χ2n) is 2.81. The van der Waals surface area contributed by atoms with Crippen LogP contribution in [0.4, 0.5) is 13.2 Å². The van der Waals surface area contributed by atoms with E-state index in [9.17, 15) is 18.0 Å². The number of hydrogen-bond donors (Lipinski definition) is 2. The van der Waals surface area contributed by atoms with Gasteiger partial charge in [-0.15, -0.1) is 0 Å². The molecule has 0 aromatic heterocycles. The molecule has 0 spiro atoms. The topological polar surface area (TPSA) is 64.9 Å². The van der Waals surface area contributed by atoms with Gasteiger partial charge < -0.3 is 10.6 Å². The Morgan fingerprint density at radius 3 is 2.53 bits per heavy atom. The van der Waals surface area contributed by atoms with Crippen LogP contribution in [0.15, 0.2) is 0 Å². The van der Waals surface area contributed by atoms with Crippen LogP contribution in [0.3, 0.4) is 0 Å². The number of amides is 1. The molecule has 0 fully saturated rings. The van der Waals surface area contributed by atoms with E-state index in [1.54, 1.807) is 6.92 Å². The van der Waals surface area contributed by atoms with Crippen molar-refractivity contribution in [3.63, 3.8) is 0 Å². The maximum atomic E-state index is 12.0. The first-order valence-electron chi connectivity index (χ1n) is 4.35. The number of nitriles is 1. The monoisotopic (exact) mass is 223 g/mol. The third kappa shape index (κ3) is 5.91.